The molecule has 1 amide bonds. The van der Waals surface area contributed by atoms with E-state index in [9.17, 15) is 4.79 Å². The molecular weight excluding hydrogens is 218 g/mol. The minimum atomic E-state index is -0.406. The lowest BCUT2D eigenvalue weighted by Crippen LogP contribution is -2.43. The summed E-state index contributed by atoms with van der Waals surface area (Å²) in [6.45, 7) is 2.25. The first-order valence-corrected chi connectivity index (χ1v) is 6.37. The molecule has 1 aliphatic rings. The summed E-state index contributed by atoms with van der Waals surface area (Å²) in [5.41, 5.74) is 5.77. The highest BCUT2D eigenvalue weighted by molar-refractivity contribution is 5.81. The van der Waals surface area contributed by atoms with Crippen LogP contribution in [-0.2, 0) is 9.53 Å². The highest BCUT2D eigenvalue weighted by atomic mass is 16.5. The van der Waals surface area contributed by atoms with Crippen molar-refractivity contribution in [2.75, 3.05) is 33.9 Å². The monoisotopic (exact) mass is 243 g/mol. The molecule has 1 fully saturated rings. The summed E-state index contributed by atoms with van der Waals surface area (Å²) in [6.07, 6.45) is 4.09. The number of carbonyl (C=O) groups is 1. The van der Waals surface area contributed by atoms with Gasteiger partial charge in [0.2, 0.25) is 5.91 Å². The van der Waals surface area contributed by atoms with Gasteiger partial charge in [-0.15, -0.1) is 0 Å². The van der Waals surface area contributed by atoms with Crippen LogP contribution < -0.4 is 11.1 Å². The maximum absolute atomic E-state index is 11.6. The summed E-state index contributed by atoms with van der Waals surface area (Å²) in [5, 5.41) is 2.88. The number of nitrogens with zero attached hydrogens (tertiary/aromatic N) is 1. The van der Waals surface area contributed by atoms with Crippen molar-refractivity contribution >= 4 is 5.91 Å². The number of hydrogen-bond acceptors (Lipinski definition) is 4. The molecule has 0 saturated heterocycles. The van der Waals surface area contributed by atoms with Crippen molar-refractivity contribution in [3.05, 3.63) is 0 Å². The molecule has 100 valence electrons. The quantitative estimate of drug-likeness (QED) is 0.557. The lowest BCUT2D eigenvalue weighted by atomic mass is 10.1. The van der Waals surface area contributed by atoms with E-state index in [0.717, 1.165) is 19.0 Å². The van der Waals surface area contributed by atoms with Crippen LogP contribution in [0.15, 0.2) is 0 Å². The molecule has 0 aliphatic heterocycles. The molecule has 0 aromatic carbocycles. The van der Waals surface area contributed by atoms with Gasteiger partial charge < -0.3 is 20.7 Å². The smallest absolute Gasteiger partial charge is 0.236 e. The predicted octanol–water partition coefficient (Wildman–Crippen LogP) is -0.0493. The van der Waals surface area contributed by atoms with Gasteiger partial charge in [0.1, 0.15) is 0 Å². The normalized spacial score (nSPS) is 17.2. The summed E-state index contributed by atoms with van der Waals surface area (Å²) >= 11 is 0. The van der Waals surface area contributed by atoms with Gasteiger partial charge in [-0.3, -0.25) is 4.79 Å². The number of amides is 1. The third-order valence-corrected chi connectivity index (χ3v) is 3.13. The van der Waals surface area contributed by atoms with Crippen molar-refractivity contribution in [1.82, 2.24) is 10.2 Å². The van der Waals surface area contributed by atoms with Crippen molar-refractivity contribution in [2.24, 2.45) is 5.73 Å². The number of methoxy groups -OCH3 is 1. The van der Waals surface area contributed by atoms with Crippen LogP contribution in [-0.4, -0.2) is 56.7 Å². The van der Waals surface area contributed by atoms with Gasteiger partial charge in [0.15, 0.2) is 0 Å². The number of carbonyl (C=O) groups excluding carboxylic acids is 1. The predicted molar refractivity (Wildman–Crippen MR) is 67.7 cm³/mol. The van der Waals surface area contributed by atoms with Crippen LogP contribution in [0.1, 0.15) is 25.7 Å². The highest BCUT2D eigenvalue weighted by Crippen LogP contribution is 2.24. The first-order valence-electron chi connectivity index (χ1n) is 6.37. The van der Waals surface area contributed by atoms with E-state index in [2.05, 4.69) is 17.3 Å². The molecule has 0 spiro atoms. The highest BCUT2D eigenvalue weighted by Gasteiger charge is 2.25. The fourth-order valence-corrected chi connectivity index (χ4v) is 1.76. The summed E-state index contributed by atoms with van der Waals surface area (Å²) < 4.78 is 4.92. The molecular formula is C12H25N3O2. The summed E-state index contributed by atoms with van der Waals surface area (Å²) in [5.74, 6) is -0.0506. The Balaban J connectivity index is 2.02. The first kappa shape index (κ1) is 14.4. The van der Waals surface area contributed by atoms with Gasteiger partial charge in [-0.1, -0.05) is 0 Å². The molecule has 5 nitrogen and oxygen atoms in total. The Labute approximate surface area is 104 Å². The minimum absolute atomic E-state index is 0.0506. The van der Waals surface area contributed by atoms with Gasteiger partial charge in [0, 0.05) is 32.8 Å². The molecule has 1 aliphatic carbocycles. The van der Waals surface area contributed by atoms with Gasteiger partial charge >= 0.3 is 0 Å². The molecule has 1 saturated carbocycles. The maximum Gasteiger partial charge on any atom is 0.236 e. The second-order valence-corrected chi connectivity index (χ2v) is 4.74. The lowest BCUT2D eigenvalue weighted by Gasteiger charge is -2.17. The van der Waals surface area contributed by atoms with Gasteiger partial charge in [0.05, 0.1) is 6.04 Å². The lowest BCUT2D eigenvalue weighted by molar-refractivity contribution is -0.122. The number of nitrogens with one attached hydrogen (secondary N) is 1. The average Bonchev–Trinajstić information content (AvgIpc) is 3.12. The average molecular weight is 243 g/mol. The SMILES string of the molecule is COCCCC(N)C(=O)NCCN(C)C1CC1. The molecule has 3 N–H and O–H groups in total. The Kier molecular flexibility index (Phi) is 6.47. The van der Waals surface area contributed by atoms with Crippen LogP contribution in [0.4, 0.5) is 0 Å². The van der Waals surface area contributed by atoms with Crippen molar-refractivity contribution in [2.45, 2.75) is 37.8 Å². The van der Waals surface area contributed by atoms with E-state index in [1.54, 1.807) is 7.11 Å². The zero-order valence-corrected chi connectivity index (χ0v) is 10.9. The van der Waals surface area contributed by atoms with E-state index >= 15 is 0 Å². The van der Waals surface area contributed by atoms with Crippen LogP contribution in [0.25, 0.3) is 0 Å². The van der Waals surface area contributed by atoms with Crippen LogP contribution >= 0.6 is 0 Å². The first-order chi connectivity index (χ1) is 8.15. The number of hydrogen-bond donors (Lipinski definition) is 2. The Morgan fingerprint density at radius 3 is 2.88 bits per heavy atom. The van der Waals surface area contributed by atoms with Crippen molar-refractivity contribution < 1.29 is 9.53 Å². The number of ether oxygens (including phenoxy) is 1. The van der Waals surface area contributed by atoms with Gasteiger partial charge in [-0.25, -0.2) is 0 Å². The minimum Gasteiger partial charge on any atom is -0.385 e. The van der Waals surface area contributed by atoms with Gasteiger partial charge in [-0.2, -0.15) is 0 Å². The summed E-state index contributed by atoms with van der Waals surface area (Å²) in [4.78, 5) is 13.9. The summed E-state index contributed by atoms with van der Waals surface area (Å²) in [7, 11) is 3.75. The zero-order valence-electron chi connectivity index (χ0n) is 10.9. The summed E-state index contributed by atoms with van der Waals surface area (Å²) in [6, 6.07) is 0.332. The Hall–Kier alpha value is -0.650. The molecule has 0 radical (unpaired) electrons. The molecule has 0 aromatic heterocycles. The fraction of sp³-hybridized carbons (Fsp3) is 0.917. The molecule has 0 aromatic rings. The molecule has 1 atom stereocenters. The topological polar surface area (TPSA) is 67.6 Å². The van der Waals surface area contributed by atoms with E-state index < -0.39 is 6.04 Å². The number of likely N-dealkylation sites (N-methyl/N-ethyl adjacent to an activating group) is 1. The van der Waals surface area contributed by atoms with Gasteiger partial charge in [-0.05, 0) is 32.7 Å². The van der Waals surface area contributed by atoms with Crippen molar-refractivity contribution in [3.63, 3.8) is 0 Å². The third-order valence-electron chi connectivity index (χ3n) is 3.13. The van der Waals surface area contributed by atoms with E-state index in [1.165, 1.54) is 12.8 Å². The Morgan fingerprint density at radius 2 is 2.29 bits per heavy atom. The van der Waals surface area contributed by atoms with E-state index in [1.807, 2.05) is 0 Å². The Bertz CT molecular complexity index is 232. The third kappa shape index (κ3) is 6.00. The van der Waals surface area contributed by atoms with E-state index in [-0.39, 0.29) is 5.91 Å². The fourth-order valence-electron chi connectivity index (χ4n) is 1.76. The number of nitrogens with two attached hydrogens (primary N) is 1. The van der Waals surface area contributed by atoms with Crippen LogP contribution in [0.3, 0.4) is 0 Å². The number of rotatable bonds is 9. The van der Waals surface area contributed by atoms with Crippen LogP contribution in [0.5, 0.6) is 0 Å². The Morgan fingerprint density at radius 1 is 1.59 bits per heavy atom. The van der Waals surface area contributed by atoms with E-state index in [0.29, 0.717) is 19.6 Å². The van der Waals surface area contributed by atoms with E-state index in [4.69, 9.17) is 10.5 Å². The van der Waals surface area contributed by atoms with Crippen molar-refractivity contribution in [3.8, 4) is 0 Å². The largest absolute Gasteiger partial charge is 0.385 e. The van der Waals surface area contributed by atoms with Crippen molar-refractivity contribution in [1.29, 1.82) is 0 Å². The molecule has 1 unspecified atom stereocenters. The second kappa shape index (κ2) is 7.63. The maximum atomic E-state index is 11.6. The standard InChI is InChI=1S/C12H25N3O2/c1-15(10-5-6-10)8-7-14-12(16)11(13)4-3-9-17-2/h10-11H,3-9,13H2,1-2H3,(H,14,16). The van der Waals surface area contributed by atoms with Gasteiger partial charge in [0.25, 0.3) is 0 Å². The van der Waals surface area contributed by atoms with Crippen LogP contribution in [0, 0.1) is 0 Å². The molecule has 0 bridgehead atoms. The molecule has 1 rings (SSSR count). The zero-order chi connectivity index (χ0) is 12.7. The molecule has 17 heavy (non-hydrogen) atoms. The van der Waals surface area contributed by atoms with Crippen LogP contribution in [0.2, 0.25) is 0 Å². The molecule has 5 heteroatoms. The molecule has 0 heterocycles. The second-order valence-electron chi connectivity index (χ2n) is 4.74.